The highest BCUT2D eigenvalue weighted by atomic mass is 16.7. The summed E-state index contributed by atoms with van der Waals surface area (Å²) in [6.07, 6.45) is -5.81. The molecule has 0 aliphatic carbocycles. The van der Waals surface area contributed by atoms with E-state index in [9.17, 15) is 28.8 Å². The molecule has 1 fully saturated rings. The first-order valence-electron chi connectivity index (χ1n) is 10.3. The normalized spacial score (nSPS) is 25.9. The monoisotopic (exact) mass is 477 g/mol. The smallest absolute Gasteiger partial charge is 0.305 e. The van der Waals surface area contributed by atoms with Crippen LogP contribution < -0.4 is 0 Å². The second kappa shape index (κ2) is 10.00. The van der Waals surface area contributed by atoms with Crippen molar-refractivity contribution in [2.24, 2.45) is 0 Å². The minimum absolute atomic E-state index is 0.0849. The Morgan fingerprint density at radius 3 is 1.76 bits per heavy atom. The third-order valence-electron chi connectivity index (χ3n) is 5.08. The molecule has 1 aromatic carbocycles. The molecule has 1 aromatic rings. The van der Waals surface area contributed by atoms with Crippen molar-refractivity contribution in [1.29, 1.82) is 0 Å². The van der Waals surface area contributed by atoms with Crippen molar-refractivity contribution in [2.75, 3.05) is 6.61 Å². The van der Waals surface area contributed by atoms with E-state index in [4.69, 9.17) is 23.7 Å². The highest BCUT2D eigenvalue weighted by Crippen LogP contribution is 2.35. The number of carbonyl (C=O) groups is 6. The molecule has 12 heteroatoms. The first-order valence-corrected chi connectivity index (χ1v) is 10.3. The Balaban J connectivity index is 2.11. The van der Waals surface area contributed by atoms with Gasteiger partial charge in [-0.15, -0.1) is 0 Å². The van der Waals surface area contributed by atoms with Crippen LogP contribution in [0.25, 0.3) is 0 Å². The number of esters is 4. The maximum absolute atomic E-state index is 13.2. The molecule has 2 aliphatic rings. The van der Waals surface area contributed by atoms with Crippen LogP contribution in [0, 0.1) is 0 Å². The Labute approximate surface area is 194 Å². The predicted molar refractivity (Wildman–Crippen MR) is 109 cm³/mol. The van der Waals surface area contributed by atoms with Crippen LogP contribution in [-0.4, -0.2) is 77.8 Å². The molecule has 2 aliphatic heterocycles. The van der Waals surface area contributed by atoms with Gasteiger partial charge in [0.25, 0.3) is 11.8 Å². The lowest BCUT2D eigenvalue weighted by Crippen LogP contribution is -2.67. The Hall–Kier alpha value is -3.80. The molecule has 3 rings (SSSR count). The minimum Gasteiger partial charge on any atom is -0.463 e. The number of benzene rings is 1. The lowest BCUT2D eigenvalue weighted by molar-refractivity contribution is -0.278. The van der Waals surface area contributed by atoms with Gasteiger partial charge in [0.1, 0.15) is 18.8 Å². The van der Waals surface area contributed by atoms with Gasteiger partial charge in [-0.2, -0.15) is 0 Å². The number of imide groups is 1. The van der Waals surface area contributed by atoms with E-state index in [2.05, 4.69) is 0 Å². The molecular weight excluding hydrogens is 454 g/mol. The number of fused-ring (bicyclic) bond motifs is 1. The average Bonchev–Trinajstić information content (AvgIpc) is 2.98. The van der Waals surface area contributed by atoms with Crippen LogP contribution in [0.1, 0.15) is 48.4 Å². The van der Waals surface area contributed by atoms with Crippen LogP contribution in [0.3, 0.4) is 0 Å². The van der Waals surface area contributed by atoms with Gasteiger partial charge in [0.15, 0.2) is 12.2 Å². The SMILES string of the molecule is CC(=O)OC[C@H]1OC(OC(C)=O)[C@H](N2C(=O)c3ccccc3C2=O)[C@@H](OC(C)=O)[C@H]1OC(C)=O. The molecule has 0 radical (unpaired) electrons. The molecular formula is C22H23NO11. The Bertz CT molecular complexity index is 1000. The maximum atomic E-state index is 13.2. The second-order valence-corrected chi connectivity index (χ2v) is 7.62. The van der Waals surface area contributed by atoms with Crippen LogP contribution in [-0.2, 0) is 42.9 Å². The topological polar surface area (TPSA) is 152 Å². The fourth-order valence-electron chi connectivity index (χ4n) is 3.90. The van der Waals surface area contributed by atoms with Crippen molar-refractivity contribution in [3.05, 3.63) is 35.4 Å². The number of amides is 2. The molecule has 12 nitrogen and oxygen atoms in total. The van der Waals surface area contributed by atoms with Crippen molar-refractivity contribution in [3.63, 3.8) is 0 Å². The van der Waals surface area contributed by atoms with Crippen LogP contribution in [0.5, 0.6) is 0 Å². The number of hydrogen-bond donors (Lipinski definition) is 0. The number of ether oxygens (including phenoxy) is 5. The number of carbonyl (C=O) groups excluding carboxylic acids is 6. The summed E-state index contributed by atoms with van der Waals surface area (Å²) in [5.74, 6) is -4.64. The molecule has 2 amide bonds. The van der Waals surface area contributed by atoms with Gasteiger partial charge in [0.05, 0.1) is 11.1 Å². The molecule has 1 unspecified atom stereocenters. The molecule has 0 aromatic heterocycles. The fraction of sp³-hybridized carbons (Fsp3) is 0.455. The lowest BCUT2D eigenvalue weighted by atomic mass is 9.94. The van der Waals surface area contributed by atoms with E-state index in [1.807, 2.05) is 0 Å². The summed E-state index contributed by atoms with van der Waals surface area (Å²) in [7, 11) is 0. The zero-order valence-corrected chi connectivity index (χ0v) is 18.8. The van der Waals surface area contributed by atoms with Gasteiger partial charge in [-0.25, -0.2) is 0 Å². The summed E-state index contributed by atoms with van der Waals surface area (Å²) in [6, 6.07) is 4.49. The molecule has 0 saturated carbocycles. The van der Waals surface area contributed by atoms with E-state index < -0.39 is 72.9 Å². The van der Waals surface area contributed by atoms with Crippen molar-refractivity contribution in [1.82, 2.24) is 4.90 Å². The fourth-order valence-corrected chi connectivity index (χ4v) is 3.90. The molecule has 0 spiro atoms. The van der Waals surface area contributed by atoms with Crippen molar-refractivity contribution in [2.45, 2.75) is 58.3 Å². The highest BCUT2D eigenvalue weighted by Gasteiger charge is 2.58. The molecule has 182 valence electrons. The number of hydrogen-bond acceptors (Lipinski definition) is 11. The Morgan fingerprint density at radius 2 is 1.29 bits per heavy atom. The zero-order valence-electron chi connectivity index (χ0n) is 18.8. The Morgan fingerprint density at radius 1 is 0.794 bits per heavy atom. The van der Waals surface area contributed by atoms with E-state index in [1.54, 1.807) is 12.1 Å². The standard InChI is InChI=1S/C22H23NO11/c1-10(24)30-9-16-18(31-11(2)25)19(32-12(3)26)17(22(34-16)33-13(4)27)23-20(28)14-7-5-6-8-15(14)21(23)29/h5-8,16-19,22H,9H2,1-4H3/t16-,17-,18+,19-,22?/m1/s1. The number of nitrogens with zero attached hydrogens (tertiary/aromatic N) is 1. The second-order valence-electron chi connectivity index (χ2n) is 7.62. The largest absolute Gasteiger partial charge is 0.463 e. The lowest BCUT2D eigenvalue weighted by Gasteiger charge is -2.46. The summed E-state index contributed by atoms with van der Waals surface area (Å²) < 4.78 is 26.7. The van der Waals surface area contributed by atoms with E-state index in [0.29, 0.717) is 0 Å². The first kappa shape index (κ1) is 24.8. The molecule has 1 saturated heterocycles. The molecule has 34 heavy (non-hydrogen) atoms. The van der Waals surface area contributed by atoms with Gasteiger partial charge in [0.2, 0.25) is 6.29 Å². The summed E-state index contributed by atoms with van der Waals surface area (Å²) in [5, 5.41) is 0. The van der Waals surface area contributed by atoms with Gasteiger partial charge in [-0.3, -0.25) is 33.7 Å². The van der Waals surface area contributed by atoms with Crippen LogP contribution in [0.15, 0.2) is 24.3 Å². The summed E-state index contributed by atoms with van der Waals surface area (Å²) in [6.45, 7) is 3.91. The molecule has 0 bridgehead atoms. The minimum atomic E-state index is -1.63. The van der Waals surface area contributed by atoms with Crippen LogP contribution >= 0.6 is 0 Å². The van der Waals surface area contributed by atoms with E-state index in [-0.39, 0.29) is 11.1 Å². The molecule has 2 heterocycles. The van der Waals surface area contributed by atoms with Crippen LogP contribution in [0.4, 0.5) is 0 Å². The Kier molecular flexibility index (Phi) is 7.30. The van der Waals surface area contributed by atoms with E-state index >= 15 is 0 Å². The quantitative estimate of drug-likeness (QED) is 0.317. The van der Waals surface area contributed by atoms with Gasteiger partial charge in [-0.05, 0) is 12.1 Å². The van der Waals surface area contributed by atoms with E-state index in [0.717, 1.165) is 32.6 Å². The zero-order chi connectivity index (χ0) is 25.2. The van der Waals surface area contributed by atoms with Gasteiger partial charge in [0, 0.05) is 27.7 Å². The predicted octanol–water partition coefficient (Wildman–Crippen LogP) is 0.366. The van der Waals surface area contributed by atoms with Crippen molar-refractivity contribution in [3.8, 4) is 0 Å². The van der Waals surface area contributed by atoms with Gasteiger partial charge < -0.3 is 23.7 Å². The molecule has 5 atom stereocenters. The first-order chi connectivity index (χ1) is 16.0. The van der Waals surface area contributed by atoms with Crippen molar-refractivity contribution >= 4 is 35.7 Å². The summed E-state index contributed by atoms with van der Waals surface area (Å²) in [5.41, 5.74) is 0.170. The van der Waals surface area contributed by atoms with Crippen LogP contribution in [0.2, 0.25) is 0 Å². The van der Waals surface area contributed by atoms with Crippen molar-refractivity contribution < 1.29 is 52.5 Å². The van der Waals surface area contributed by atoms with Gasteiger partial charge in [-0.1, -0.05) is 12.1 Å². The third-order valence-corrected chi connectivity index (χ3v) is 5.08. The average molecular weight is 477 g/mol. The molecule has 0 N–H and O–H groups in total. The number of rotatable bonds is 6. The van der Waals surface area contributed by atoms with Gasteiger partial charge >= 0.3 is 23.9 Å². The maximum Gasteiger partial charge on any atom is 0.305 e. The third kappa shape index (κ3) is 5.06. The summed E-state index contributed by atoms with van der Waals surface area (Å²) >= 11 is 0. The highest BCUT2D eigenvalue weighted by molar-refractivity contribution is 6.21. The summed E-state index contributed by atoms with van der Waals surface area (Å²) in [4.78, 5) is 74.2. The van der Waals surface area contributed by atoms with E-state index in [1.165, 1.54) is 12.1 Å².